The van der Waals surface area contributed by atoms with Crippen molar-refractivity contribution in [2.75, 3.05) is 19.6 Å². The van der Waals surface area contributed by atoms with Gasteiger partial charge >= 0.3 is 0 Å². The maximum Gasteiger partial charge on any atom is 0.214 e. The molecule has 0 radical (unpaired) electrons. The summed E-state index contributed by atoms with van der Waals surface area (Å²) >= 11 is 0. The molecule has 1 saturated heterocycles. The molecule has 0 bridgehead atoms. The van der Waals surface area contributed by atoms with Gasteiger partial charge < -0.3 is 4.90 Å². The Labute approximate surface area is 160 Å². The zero-order valence-electron chi connectivity index (χ0n) is 16.9. The molecule has 0 aromatic carbocycles. The van der Waals surface area contributed by atoms with E-state index in [1.54, 1.807) is 0 Å². The van der Waals surface area contributed by atoms with E-state index in [2.05, 4.69) is 16.5 Å². The SMILES string of the molecule is CCCCCNS(=O)(=O)C1CCN(C2CCC(C(=O)C(C)C)CC2)CC1. The first kappa shape index (κ1) is 21.8. The fourth-order valence-corrected chi connectivity index (χ4v) is 5.95. The Hall–Kier alpha value is -0.460. The van der Waals surface area contributed by atoms with E-state index in [1.807, 2.05) is 13.8 Å². The van der Waals surface area contributed by atoms with Crippen molar-refractivity contribution in [1.82, 2.24) is 9.62 Å². The summed E-state index contributed by atoms with van der Waals surface area (Å²) in [6.45, 7) is 8.43. The molecule has 0 aromatic rings. The largest absolute Gasteiger partial charge is 0.300 e. The van der Waals surface area contributed by atoms with Crippen LogP contribution >= 0.6 is 0 Å². The Morgan fingerprint density at radius 1 is 1.04 bits per heavy atom. The first-order chi connectivity index (χ1) is 12.3. The predicted molar refractivity (Wildman–Crippen MR) is 107 cm³/mol. The van der Waals surface area contributed by atoms with Gasteiger partial charge in [0.05, 0.1) is 5.25 Å². The van der Waals surface area contributed by atoms with Crippen LogP contribution in [-0.2, 0) is 14.8 Å². The van der Waals surface area contributed by atoms with Gasteiger partial charge in [0.2, 0.25) is 10.0 Å². The molecular weight excluding hydrogens is 348 g/mol. The van der Waals surface area contributed by atoms with Gasteiger partial charge in [0.25, 0.3) is 0 Å². The van der Waals surface area contributed by atoms with Crippen molar-refractivity contribution in [2.45, 2.75) is 89.9 Å². The van der Waals surface area contributed by atoms with Crippen LogP contribution in [0, 0.1) is 11.8 Å². The molecule has 0 amide bonds. The summed E-state index contributed by atoms with van der Waals surface area (Å²) in [6, 6.07) is 0.535. The fraction of sp³-hybridized carbons (Fsp3) is 0.950. The molecule has 26 heavy (non-hydrogen) atoms. The number of unbranched alkanes of at least 4 members (excludes halogenated alkanes) is 2. The molecule has 6 heteroatoms. The highest BCUT2D eigenvalue weighted by Gasteiger charge is 2.34. The standard InChI is InChI=1S/C20H38N2O3S/c1-4-5-6-13-21-26(24,25)19-11-14-22(15-12-19)18-9-7-17(8-10-18)20(23)16(2)3/h16-19,21H,4-15H2,1-3H3. The van der Waals surface area contributed by atoms with Gasteiger partial charge in [-0.1, -0.05) is 33.6 Å². The van der Waals surface area contributed by atoms with Crippen molar-refractivity contribution in [3.8, 4) is 0 Å². The Morgan fingerprint density at radius 3 is 2.19 bits per heavy atom. The molecule has 2 fully saturated rings. The second-order valence-corrected chi connectivity index (χ2v) is 10.5. The topological polar surface area (TPSA) is 66.5 Å². The number of carbonyl (C=O) groups excluding carboxylic acids is 1. The highest BCUT2D eigenvalue weighted by atomic mass is 32.2. The first-order valence-corrected chi connectivity index (χ1v) is 12.2. The molecule has 1 saturated carbocycles. The van der Waals surface area contributed by atoms with E-state index < -0.39 is 10.0 Å². The second-order valence-electron chi connectivity index (χ2n) is 8.44. The van der Waals surface area contributed by atoms with Crippen molar-refractivity contribution >= 4 is 15.8 Å². The Kier molecular flexibility index (Phi) is 8.55. The minimum Gasteiger partial charge on any atom is -0.300 e. The summed E-state index contributed by atoms with van der Waals surface area (Å²) in [5, 5.41) is -0.237. The van der Waals surface area contributed by atoms with Gasteiger partial charge in [0, 0.05) is 24.4 Å². The summed E-state index contributed by atoms with van der Waals surface area (Å²) in [5.41, 5.74) is 0. The maximum absolute atomic E-state index is 12.4. The zero-order chi connectivity index (χ0) is 19.2. The first-order valence-electron chi connectivity index (χ1n) is 10.6. The molecule has 1 N–H and O–H groups in total. The third kappa shape index (κ3) is 6.03. The van der Waals surface area contributed by atoms with Gasteiger partial charge in [-0.2, -0.15) is 0 Å². The number of likely N-dealkylation sites (tertiary alicyclic amines) is 1. The number of rotatable bonds is 9. The van der Waals surface area contributed by atoms with Crippen molar-refractivity contribution in [3.05, 3.63) is 0 Å². The highest BCUT2D eigenvalue weighted by Crippen LogP contribution is 2.31. The number of sulfonamides is 1. The number of carbonyl (C=O) groups is 1. The molecule has 0 atom stereocenters. The second kappa shape index (κ2) is 10.2. The molecule has 0 spiro atoms. The third-order valence-electron chi connectivity index (χ3n) is 6.18. The number of Topliss-reactive ketones (excluding diaryl/α,β-unsaturated/α-hetero) is 1. The maximum atomic E-state index is 12.4. The monoisotopic (exact) mass is 386 g/mol. The van der Waals surface area contributed by atoms with Crippen LogP contribution in [0.3, 0.4) is 0 Å². The minimum absolute atomic E-state index is 0.141. The number of nitrogens with one attached hydrogen (secondary N) is 1. The van der Waals surface area contributed by atoms with Gasteiger partial charge in [-0.15, -0.1) is 0 Å². The lowest BCUT2D eigenvalue weighted by atomic mass is 9.80. The summed E-state index contributed by atoms with van der Waals surface area (Å²) in [5.74, 6) is 0.807. The van der Waals surface area contributed by atoms with Gasteiger partial charge in [0.15, 0.2) is 0 Å². The highest BCUT2D eigenvalue weighted by molar-refractivity contribution is 7.90. The summed E-state index contributed by atoms with van der Waals surface area (Å²) in [4.78, 5) is 14.6. The summed E-state index contributed by atoms with van der Waals surface area (Å²) in [7, 11) is -3.17. The zero-order valence-corrected chi connectivity index (χ0v) is 17.7. The minimum atomic E-state index is -3.17. The smallest absolute Gasteiger partial charge is 0.214 e. The lowest BCUT2D eigenvalue weighted by molar-refractivity contribution is -0.127. The normalized spacial score (nSPS) is 26.3. The lowest BCUT2D eigenvalue weighted by Crippen LogP contribution is -2.48. The molecule has 0 aromatic heterocycles. The molecule has 1 heterocycles. The van der Waals surface area contributed by atoms with Gasteiger partial charge in [0.1, 0.15) is 5.78 Å². The third-order valence-corrected chi connectivity index (χ3v) is 8.14. The fourth-order valence-electron chi connectivity index (χ4n) is 4.46. The number of hydrogen-bond donors (Lipinski definition) is 1. The van der Waals surface area contributed by atoms with Crippen LogP contribution in [0.25, 0.3) is 0 Å². The quantitative estimate of drug-likeness (QED) is 0.617. The number of piperidine rings is 1. The number of nitrogens with zero attached hydrogens (tertiary/aromatic N) is 1. The van der Waals surface area contributed by atoms with Crippen LogP contribution in [0.5, 0.6) is 0 Å². The number of hydrogen-bond acceptors (Lipinski definition) is 4. The molecule has 152 valence electrons. The van der Waals surface area contributed by atoms with E-state index in [0.29, 0.717) is 18.4 Å². The molecule has 1 aliphatic heterocycles. The van der Waals surface area contributed by atoms with E-state index in [4.69, 9.17) is 0 Å². The van der Waals surface area contributed by atoms with Gasteiger partial charge in [-0.3, -0.25) is 4.79 Å². The van der Waals surface area contributed by atoms with Crippen molar-refractivity contribution < 1.29 is 13.2 Å². The van der Waals surface area contributed by atoms with Gasteiger partial charge in [-0.25, -0.2) is 13.1 Å². The van der Waals surface area contributed by atoms with E-state index in [9.17, 15) is 13.2 Å². The van der Waals surface area contributed by atoms with E-state index in [-0.39, 0.29) is 17.1 Å². The molecular formula is C20H38N2O3S. The van der Waals surface area contributed by atoms with Crippen LogP contribution in [0.2, 0.25) is 0 Å². The molecule has 2 rings (SSSR count). The van der Waals surface area contributed by atoms with Crippen LogP contribution < -0.4 is 4.72 Å². The molecule has 5 nitrogen and oxygen atoms in total. The summed E-state index contributed by atoms with van der Waals surface area (Å²) < 4.78 is 27.7. The van der Waals surface area contributed by atoms with Crippen LogP contribution in [-0.4, -0.2) is 50.0 Å². The lowest BCUT2D eigenvalue weighted by Gasteiger charge is -2.40. The average molecular weight is 387 g/mol. The van der Waals surface area contributed by atoms with Crippen LogP contribution in [0.15, 0.2) is 0 Å². The molecule has 2 aliphatic rings. The number of ketones is 1. The predicted octanol–water partition coefficient (Wildman–Crippen LogP) is 3.34. The Bertz CT molecular complexity index is 531. The van der Waals surface area contributed by atoms with Crippen molar-refractivity contribution in [2.24, 2.45) is 11.8 Å². The van der Waals surface area contributed by atoms with Crippen LogP contribution in [0.1, 0.15) is 78.6 Å². The average Bonchev–Trinajstić information content (AvgIpc) is 2.65. The van der Waals surface area contributed by atoms with Crippen molar-refractivity contribution in [3.63, 3.8) is 0 Å². The Balaban J connectivity index is 1.74. The van der Waals surface area contributed by atoms with Gasteiger partial charge in [-0.05, 0) is 58.0 Å². The van der Waals surface area contributed by atoms with E-state index >= 15 is 0 Å². The van der Waals surface area contributed by atoms with E-state index in [0.717, 1.165) is 70.9 Å². The van der Waals surface area contributed by atoms with E-state index in [1.165, 1.54) is 0 Å². The summed E-state index contributed by atoms with van der Waals surface area (Å²) in [6.07, 6.45) is 8.71. The van der Waals surface area contributed by atoms with Crippen LogP contribution in [0.4, 0.5) is 0 Å². The molecule has 1 aliphatic carbocycles. The molecule has 0 unspecified atom stereocenters. The Morgan fingerprint density at radius 2 is 1.65 bits per heavy atom. The van der Waals surface area contributed by atoms with Crippen molar-refractivity contribution in [1.29, 1.82) is 0 Å².